The molecule has 0 aliphatic carbocycles. The maximum Gasteiger partial charge on any atom is 0.423 e. The van der Waals surface area contributed by atoms with Crippen molar-refractivity contribution in [3.8, 4) is 34.4 Å². The number of benzene rings is 12. The van der Waals surface area contributed by atoms with Gasteiger partial charge in [-0.1, -0.05) is 112 Å². The average molecular weight is 1710 g/mol. The number of aromatic nitrogens is 2. The van der Waals surface area contributed by atoms with Gasteiger partial charge in [0.25, 0.3) is 0 Å². The highest BCUT2D eigenvalue weighted by Crippen LogP contribution is 2.56. The summed E-state index contributed by atoms with van der Waals surface area (Å²) in [5, 5.41) is 5.14. The van der Waals surface area contributed by atoms with Crippen molar-refractivity contribution in [1.82, 2.24) is 9.13 Å². The molecule has 0 spiro atoms. The molecule has 17 rings (SSSR count). The summed E-state index contributed by atoms with van der Waals surface area (Å²) in [7, 11) is -10.7. The van der Waals surface area contributed by atoms with Crippen LogP contribution in [-0.4, -0.2) is 9.13 Å². The fourth-order valence-corrected chi connectivity index (χ4v) is 23.5. The minimum absolute atomic E-state index is 0.0243. The number of nitrogens with zero attached hydrogens (tertiary/aromatic N) is 2. The van der Waals surface area contributed by atoms with E-state index in [1.807, 2.05) is 16.7 Å². The second-order valence-corrected chi connectivity index (χ2v) is 40.9. The molecule has 0 amide bonds. The van der Waals surface area contributed by atoms with E-state index < -0.39 is 56.6 Å². The van der Waals surface area contributed by atoms with Gasteiger partial charge in [-0.15, -0.1) is 0 Å². The van der Waals surface area contributed by atoms with Crippen LogP contribution in [0.25, 0.3) is 76.4 Å². The maximum atomic E-state index is 16.4. The summed E-state index contributed by atoms with van der Waals surface area (Å²) in [6.07, 6.45) is 0. The lowest BCUT2D eigenvalue weighted by molar-refractivity contribution is 0.481. The van der Waals surface area contributed by atoms with Crippen molar-refractivity contribution in [3.05, 3.63) is 283 Å². The Balaban J connectivity index is 0.000000162. The molecule has 3 aromatic heterocycles. The standard InChI is InChI=1S/C50H39F4NO4P2.C26H27I2N.C12H6F2O2P/c1-49(2,3)28-7-13-39-37(19-28)38-20-29(50(4,5)6)8-14-40(38)55(39)34-25-35(60(56)45-21-30(51)9-15-41(45)58-42-16-10-31(52)22-46(42)60)27-36(26-34)61(57)47-23-32(53)11-17-43(47)59-44-18-12-33(54)24-48(44)61;1-25(2,3)16-7-9-23-21(11-16)22-12-17(26(4,5)6)8-10-24(22)29(23)20-14-18(27)13-19(28)15-20;13-7-1-3-9-11(5-7)17(15)12-6-8(14)2-4-10(12)16-9/h7-27H,1-6H3;7-15H,1-6H3;1-6H/q;;+1. The summed E-state index contributed by atoms with van der Waals surface area (Å²) in [6, 6.07) is 60.5. The third-order valence-electron chi connectivity index (χ3n) is 20.0. The number of fused-ring (bicyclic) bond motifs is 12. The average Bonchev–Trinajstić information content (AvgIpc) is 1.46. The van der Waals surface area contributed by atoms with Crippen LogP contribution >= 0.6 is 66.9 Å². The molecule has 2 aliphatic rings. The van der Waals surface area contributed by atoms with Crippen molar-refractivity contribution in [2.45, 2.75) is 105 Å². The predicted octanol–water partition coefficient (Wildman–Crippen LogP) is 24.6. The van der Waals surface area contributed by atoms with Crippen LogP contribution in [0.3, 0.4) is 0 Å². The molecule has 8 nitrogen and oxygen atoms in total. The summed E-state index contributed by atoms with van der Waals surface area (Å²) in [4.78, 5) is 0. The van der Waals surface area contributed by atoms with Gasteiger partial charge in [0.05, 0.1) is 43.3 Å². The normalized spacial score (nSPS) is 13.8. The minimum Gasteiger partial charge on any atom is -0.456 e. The second kappa shape index (κ2) is 26.8. The fourth-order valence-electron chi connectivity index (χ4n) is 14.3. The zero-order chi connectivity index (χ0) is 76.1. The van der Waals surface area contributed by atoms with Crippen molar-refractivity contribution in [3.63, 3.8) is 0 Å². The summed E-state index contributed by atoms with van der Waals surface area (Å²) in [6.45, 7) is 26.6. The van der Waals surface area contributed by atoms with E-state index in [9.17, 15) is 13.3 Å². The molecular formula is C88H72F6I2N2O6P3+. The molecule has 0 unspecified atom stereocenters. The van der Waals surface area contributed by atoms with Crippen molar-refractivity contribution >= 4 is 164 Å². The summed E-state index contributed by atoms with van der Waals surface area (Å²) in [5.74, 6) is -3.35. The van der Waals surface area contributed by atoms with Crippen LogP contribution in [0.2, 0.25) is 0 Å². The van der Waals surface area contributed by atoms with Crippen molar-refractivity contribution < 1.29 is 53.9 Å². The van der Waals surface area contributed by atoms with Crippen LogP contribution in [0, 0.1) is 42.0 Å². The molecular weight excluding hydrogens is 1640 g/mol. The zero-order valence-corrected chi connectivity index (χ0v) is 67.5. The van der Waals surface area contributed by atoms with E-state index in [2.05, 4.69) is 212 Å². The first-order valence-electron chi connectivity index (χ1n) is 34.8. The summed E-state index contributed by atoms with van der Waals surface area (Å²) >= 11 is 4.83. The van der Waals surface area contributed by atoms with Crippen LogP contribution in [0.4, 0.5) is 26.3 Å². The zero-order valence-electron chi connectivity index (χ0n) is 60.5. The SMILES string of the molecule is CC(C)(C)c1ccc2c(c1)c1cc(C(C)(C)C)ccc1n2-c1cc(I)cc(I)c1.CC(C)(C)c1ccc2c(c1)c1cc(C(C)(C)C)ccc1n2-c1cc(P2(=O)c3cc(F)ccc3Oc3ccc(F)cc32)cc(P2(=O)c3cc(F)ccc3Oc3ccc(F)cc32)c1.O=[p+]1c2cc(F)ccc2oc2ccc(F)cc21. The number of rotatable bonds is 4. The Labute approximate surface area is 643 Å². The third kappa shape index (κ3) is 13.3. The number of hydrogen-bond acceptors (Lipinski definition) is 6. The highest BCUT2D eigenvalue weighted by atomic mass is 127. The first-order chi connectivity index (χ1) is 50.4. The van der Waals surface area contributed by atoms with Gasteiger partial charge in [0.1, 0.15) is 57.9 Å². The highest BCUT2D eigenvalue weighted by molar-refractivity contribution is 14.1. The van der Waals surface area contributed by atoms with E-state index in [0.717, 1.165) is 69.3 Å². The lowest BCUT2D eigenvalue weighted by atomic mass is 9.85. The van der Waals surface area contributed by atoms with E-state index in [-0.39, 0.29) is 86.7 Å². The molecule has 15 aromatic rings. The van der Waals surface area contributed by atoms with Crippen LogP contribution < -0.4 is 41.3 Å². The van der Waals surface area contributed by atoms with Gasteiger partial charge in [0.15, 0.2) is 25.4 Å². The number of hydrogen-bond donors (Lipinski definition) is 0. The smallest absolute Gasteiger partial charge is 0.423 e. The molecule has 0 radical (unpaired) electrons. The Morgan fingerprint density at radius 2 is 0.598 bits per heavy atom. The number of ether oxygens (including phenoxy) is 2. The van der Waals surface area contributed by atoms with Gasteiger partial charge >= 0.3 is 7.41 Å². The van der Waals surface area contributed by atoms with Gasteiger partial charge in [-0.25, -0.2) is 26.3 Å². The van der Waals surface area contributed by atoms with Crippen molar-refractivity contribution in [2.75, 3.05) is 0 Å². The minimum atomic E-state index is -4.32. The van der Waals surface area contributed by atoms with Gasteiger partial charge in [-0.05, 0) is 271 Å². The molecule has 5 heterocycles. The molecule has 540 valence electrons. The monoisotopic (exact) mass is 1710 g/mol. The van der Waals surface area contributed by atoms with Gasteiger partial charge in [-0.3, -0.25) is 0 Å². The molecule has 12 aromatic carbocycles. The van der Waals surface area contributed by atoms with Crippen LogP contribution in [-0.2, 0) is 35.4 Å². The van der Waals surface area contributed by atoms with Crippen molar-refractivity contribution in [2.24, 2.45) is 0 Å². The molecule has 0 saturated carbocycles. The Bertz CT molecular complexity index is 5960. The Hall–Kier alpha value is -8.76. The lowest BCUT2D eigenvalue weighted by Gasteiger charge is -2.32. The first kappa shape index (κ1) is 73.7. The molecule has 2 aliphatic heterocycles. The van der Waals surface area contributed by atoms with E-state index in [4.69, 9.17) is 13.9 Å². The van der Waals surface area contributed by atoms with Crippen molar-refractivity contribution in [1.29, 1.82) is 0 Å². The second-order valence-electron chi connectivity index (χ2n) is 31.4. The Kier molecular flexibility index (Phi) is 18.5. The predicted molar refractivity (Wildman–Crippen MR) is 442 cm³/mol. The van der Waals surface area contributed by atoms with E-state index in [0.29, 0.717) is 16.9 Å². The molecule has 0 saturated heterocycles. The lowest BCUT2D eigenvalue weighted by Crippen LogP contribution is -2.35. The summed E-state index contributed by atoms with van der Waals surface area (Å²) < 4.78 is 157. The van der Waals surface area contributed by atoms with E-state index in [1.165, 1.54) is 125 Å². The maximum absolute atomic E-state index is 16.4. The largest absolute Gasteiger partial charge is 0.456 e. The molecule has 0 N–H and O–H groups in total. The van der Waals surface area contributed by atoms with Crippen LogP contribution in [0.15, 0.2) is 223 Å². The van der Waals surface area contributed by atoms with E-state index >= 15 is 26.7 Å². The third-order valence-corrected chi connectivity index (χ3v) is 28.9. The first-order valence-corrected chi connectivity index (χ1v) is 41.6. The summed E-state index contributed by atoms with van der Waals surface area (Å²) in [5.41, 5.74) is 11.3. The highest BCUT2D eigenvalue weighted by Gasteiger charge is 2.45. The molecule has 0 bridgehead atoms. The Morgan fingerprint density at radius 1 is 0.327 bits per heavy atom. The molecule has 19 heteroatoms. The molecule has 0 fully saturated rings. The molecule has 0 atom stereocenters. The van der Waals surface area contributed by atoms with Gasteiger partial charge in [0, 0.05) is 62.8 Å². The quantitative estimate of drug-likeness (QED) is 0.0754. The van der Waals surface area contributed by atoms with Crippen LogP contribution in [0.1, 0.15) is 105 Å². The van der Waals surface area contributed by atoms with Gasteiger partial charge < -0.3 is 32.2 Å². The van der Waals surface area contributed by atoms with Gasteiger partial charge in [-0.2, -0.15) is 0 Å². The Morgan fingerprint density at radius 3 is 0.888 bits per heavy atom. The van der Waals surface area contributed by atoms with E-state index in [1.54, 1.807) is 12.1 Å². The van der Waals surface area contributed by atoms with Gasteiger partial charge in [0.2, 0.25) is 10.2 Å². The topological polar surface area (TPSA) is 92.7 Å². The number of halogens is 8. The molecule has 107 heavy (non-hydrogen) atoms. The fraction of sp³-hybridized carbons (Fsp3) is 0.182. The van der Waals surface area contributed by atoms with Crippen LogP contribution in [0.5, 0.6) is 23.0 Å².